The van der Waals surface area contributed by atoms with Gasteiger partial charge in [0.05, 0.1) is 12.7 Å². The van der Waals surface area contributed by atoms with Gasteiger partial charge < -0.3 is 10.1 Å². The fraction of sp³-hybridized carbons (Fsp3) is 0.222. The lowest BCUT2D eigenvalue weighted by Gasteiger charge is -2.06. The Hall–Kier alpha value is -2.62. The Labute approximate surface area is 130 Å². The second-order valence-electron chi connectivity index (χ2n) is 4.95. The van der Waals surface area contributed by atoms with Crippen LogP contribution in [0.5, 0.6) is 0 Å². The predicted molar refractivity (Wildman–Crippen MR) is 84.4 cm³/mol. The topological polar surface area (TPSA) is 55.4 Å². The highest BCUT2D eigenvalue weighted by molar-refractivity contribution is 5.89. The number of ether oxygens (including phenoxy) is 1. The Morgan fingerprint density at radius 2 is 1.64 bits per heavy atom. The van der Waals surface area contributed by atoms with Crippen LogP contribution in [0.4, 0.5) is 0 Å². The van der Waals surface area contributed by atoms with Crippen molar-refractivity contribution in [2.45, 2.75) is 19.4 Å². The molecule has 114 valence electrons. The molecule has 0 saturated carbocycles. The molecule has 4 nitrogen and oxygen atoms in total. The molecule has 0 heterocycles. The Balaban J connectivity index is 1.77. The predicted octanol–water partition coefficient (Wildman–Crippen LogP) is 2.72. The quantitative estimate of drug-likeness (QED) is 0.834. The summed E-state index contributed by atoms with van der Waals surface area (Å²) in [5, 5.41) is 2.89. The molecule has 0 aliphatic heterocycles. The number of methoxy groups -OCH3 is 1. The zero-order chi connectivity index (χ0) is 15.8. The second kappa shape index (κ2) is 7.98. The standard InChI is InChI=1S/C18H19NO3/c1-22-18(21)16-10-7-14(8-11-16)9-12-17(20)19-13-15-5-3-2-4-6-15/h2-8,10-11H,9,12-13H2,1H3,(H,19,20). The molecular formula is C18H19NO3. The van der Waals surface area contributed by atoms with Crippen molar-refractivity contribution >= 4 is 11.9 Å². The van der Waals surface area contributed by atoms with Gasteiger partial charge in [-0.05, 0) is 29.7 Å². The van der Waals surface area contributed by atoms with E-state index in [2.05, 4.69) is 10.1 Å². The van der Waals surface area contributed by atoms with Crippen LogP contribution in [0.25, 0.3) is 0 Å². The Bertz CT molecular complexity index is 621. The molecule has 0 radical (unpaired) electrons. The van der Waals surface area contributed by atoms with E-state index in [1.54, 1.807) is 12.1 Å². The summed E-state index contributed by atoms with van der Waals surface area (Å²) < 4.78 is 4.65. The molecule has 2 aromatic carbocycles. The van der Waals surface area contributed by atoms with Gasteiger partial charge in [0.2, 0.25) is 5.91 Å². The smallest absolute Gasteiger partial charge is 0.337 e. The van der Waals surface area contributed by atoms with Crippen LogP contribution in [0, 0.1) is 0 Å². The first-order valence-corrected chi connectivity index (χ1v) is 7.17. The van der Waals surface area contributed by atoms with E-state index in [0.717, 1.165) is 11.1 Å². The Kier molecular flexibility index (Phi) is 5.72. The number of nitrogens with one attached hydrogen (secondary N) is 1. The molecule has 1 N–H and O–H groups in total. The van der Waals surface area contributed by atoms with Gasteiger partial charge in [0, 0.05) is 13.0 Å². The summed E-state index contributed by atoms with van der Waals surface area (Å²) in [4.78, 5) is 23.2. The minimum Gasteiger partial charge on any atom is -0.465 e. The Morgan fingerprint density at radius 3 is 2.27 bits per heavy atom. The van der Waals surface area contributed by atoms with E-state index in [9.17, 15) is 9.59 Å². The highest BCUT2D eigenvalue weighted by atomic mass is 16.5. The summed E-state index contributed by atoms with van der Waals surface area (Å²) in [6, 6.07) is 16.9. The molecule has 0 aliphatic carbocycles. The van der Waals surface area contributed by atoms with E-state index in [-0.39, 0.29) is 11.9 Å². The molecule has 0 aromatic heterocycles. The molecule has 0 unspecified atom stereocenters. The maximum atomic E-state index is 11.8. The van der Waals surface area contributed by atoms with Crippen LogP contribution in [0.1, 0.15) is 27.9 Å². The van der Waals surface area contributed by atoms with Crippen LogP contribution < -0.4 is 5.32 Å². The van der Waals surface area contributed by atoms with E-state index in [4.69, 9.17) is 0 Å². The number of aryl methyl sites for hydroxylation is 1. The molecule has 1 amide bonds. The highest BCUT2D eigenvalue weighted by Gasteiger charge is 2.06. The lowest BCUT2D eigenvalue weighted by atomic mass is 10.1. The molecular weight excluding hydrogens is 278 g/mol. The number of carbonyl (C=O) groups excluding carboxylic acids is 2. The van der Waals surface area contributed by atoms with Crippen molar-refractivity contribution in [2.75, 3.05) is 7.11 Å². The summed E-state index contributed by atoms with van der Waals surface area (Å²) in [7, 11) is 1.35. The van der Waals surface area contributed by atoms with Crippen molar-refractivity contribution in [3.63, 3.8) is 0 Å². The number of carbonyl (C=O) groups is 2. The second-order valence-corrected chi connectivity index (χ2v) is 4.95. The highest BCUT2D eigenvalue weighted by Crippen LogP contribution is 2.08. The number of esters is 1. The van der Waals surface area contributed by atoms with Crippen LogP contribution in [0.15, 0.2) is 54.6 Å². The third-order valence-corrected chi connectivity index (χ3v) is 3.35. The van der Waals surface area contributed by atoms with Crippen molar-refractivity contribution in [3.05, 3.63) is 71.3 Å². The van der Waals surface area contributed by atoms with E-state index in [1.165, 1.54) is 7.11 Å². The summed E-state index contributed by atoms with van der Waals surface area (Å²) in [6.45, 7) is 0.543. The molecule has 22 heavy (non-hydrogen) atoms. The van der Waals surface area contributed by atoms with Gasteiger partial charge in [0.25, 0.3) is 0 Å². The van der Waals surface area contributed by atoms with Gasteiger partial charge in [-0.25, -0.2) is 4.79 Å². The van der Waals surface area contributed by atoms with Gasteiger partial charge >= 0.3 is 5.97 Å². The van der Waals surface area contributed by atoms with E-state index < -0.39 is 0 Å². The van der Waals surface area contributed by atoms with Crippen LogP contribution in [-0.4, -0.2) is 19.0 Å². The molecule has 0 fully saturated rings. The Morgan fingerprint density at radius 1 is 0.955 bits per heavy atom. The average molecular weight is 297 g/mol. The third-order valence-electron chi connectivity index (χ3n) is 3.35. The third kappa shape index (κ3) is 4.74. The fourth-order valence-electron chi connectivity index (χ4n) is 2.07. The van der Waals surface area contributed by atoms with E-state index in [1.807, 2.05) is 42.5 Å². The summed E-state index contributed by atoms with van der Waals surface area (Å²) >= 11 is 0. The van der Waals surface area contributed by atoms with Crippen LogP contribution in [-0.2, 0) is 22.5 Å². The molecule has 2 rings (SSSR count). The molecule has 0 aliphatic rings. The van der Waals surface area contributed by atoms with Gasteiger partial charge in [-0.3, -0.25) is 4.79 Å². The van der Waals surface area contributed by atoms with Gasteiger partial charge in [-0.2, -0.15) is 0 Å². The van der Waals surface area contributed by atoms with Gasteiger partial charge in [-0.15, -0.1) is 0 Å². The van der Waals surface area contributed by atoms with Crippen molar-refractivity contribution < 1.29 is 14.3 Å². The molecule has 4 heteroatoms. The minimum absolute atomic E-state index is 0.0147. The van der Waals surface area contributed by atoms with Crippen LogP contribution >= 0.6 is 0 Å². The van der Waals surface area contributed by atoms with Crippen LogP contribution in [0.3, 0.4) is 0 Å². The van der Waals surface area contributed by atoms with Gasteiger partial charge in [0.15, 0.2) is 0 Å². The number of amides is 1. The molecule has 0 atom stereocenters. The maximum absolute atomic E-state index is 11.8. The van der Waals surface area contributed by atoms with Crippen molar-refractivity contribution in [1.29, 1.82) is 0 Å². The van der Waals surface area contributed by atoms with E-state index >= 15 is 0 Å². The summed E-state index contributed by atoms with van der Waals surface area (Å²) in [6.07, 6.45) is 1.06. The SMILES string of the molecule is COC(=O)c1ccc(CCC(=O)NCc2ccccc2)cc1. The first-order chi connectivity index (χ1) is 10.7. The van der Waals surface area contributed by atoms with Gasteiger partial charge in [0.1, 0.15) is 0 Å². The number of rotatable bonds is 6. The van der Waals surface area contributed by atoms with Crippen molar-refractivity contribution in [1.82, 2.24) is 5.32 Å². The van der Waals surface area contributed by atoms with Crippen LogP contribution in [0.2, 0.25) is 0 Å². The number of hydrogen-bond donors (Lipinski definition) is 1. The monoisotopic (exact) mass is 297 g/mol. The lowest BCUT2D eigenvalue weighted by Crippen LogP contribution is -2.22. The fourth-order valence-corrected chi connectivity index (χ4v) is 2.07. The minimum atomic E-state index is -0.354. The maximum Gasteiger partial charge on any atom is 0.337 e. The lowest BCUT2D eigenvalue weighted by molar-refractivity contribution is -0.121. The summed E-state index contributed by atoms with van der Waals surface area (Å²) in [5.41, 5.74) is 2.61. The normalized spacial score (nSPS) is 10.0. The first-order valence-electron chi connectivity index (χ1n) is 7.17. The van der Waals surface area contributed by atoms with E-state index in [0.29, 0.717) is 24.9 Å². The zero-order valence-electron chi connectivity index (χ0n) is 12.5. The first kappa shape index (κ1) is 15.8. The largest absolute Gasteiger partial charge is 0.465 e. The molecule has 0 spiro atoms. The number of hydrogen-bond acceptors (Lipinski definition) is 3. The molecule has 0 saturated heterocycles. The van der Waals surface area contributed by atoms with Crippen molar-refractivity contribution in [2.24, 2.45) is 0 Å². The molecule has 2 aromatic rings. The zero-order valence-corrected chi connectivity index (χ0v) is 12.5. The molecule has 0 bridgehead atoms. The number of benzene rings is 2. The summed E-state index contributed by atoms with van der Waals surface area (Å²) in [5.74, 6) is -0.340. The van der Waals surface area contributed by atoms with Crippen molar-refractivity contribution in [3.8, 4) is 0 Å². The van der Waals surface area contributed by atoms with Gasteiger partial charge in [-0.1, -0.05) is 42.5 Å². The average Bonchev–Trinajstić information content (AvgIpc) is 2.58.